The van der Waals surface area contributed by atoms with Crippen molar-refractivity contribution in [3.8, 4) is 0 Å². The van der Waals surface area contributed by atoms with Crippen LogP contribution in [-0.2, 0) is 22.4 Å². The third-order valence-corrected chi connectivity index (χ3v) is 4.18. The van der Waals surface area contributed by atoms with E-state index in [1.807, 2.05) is 12.1 Å². The van der Waals surface area contributed by atoms with E-state index in [2.05, 4.69) is 27.8 Å². The number of hydrogen-bond donors (Lipinski definition) is 5. The number of aliphatic imine (C=N–C) groups is 1. The second-order valence-corrected chi connectivity index (χ2v) is 6.16. The van der Waals surface area contributed by atoms with Crippen molar-refractivity contribution in [2.45, 2.75) is 37.8 Å². The average molecular weight is 347 g/mol. The van der Waals surface area contributed by atoms with Crippen molar-refractivity contribution in [2.24, 2.45) is 16.5 Å². The first kappa shape index (κ1) is 18.7. The first-order valence-electron chi connectivity index (χ1n) is 8.33. The summed E-state index contributed by atoms with van der Waals surface area (Å²) in [6.07, 6.45) is 2.50. The summed E-state index contributed by atoms with van der Waals surface area (Å²) in [6, 6.07) is 7.46. The molecule has 0 fully saturated rings. The fourth-order valence-corrected chi connectivity index (χ4v) is 2.95. The largest absolute Gasteiger partial charge is 0.480 e. The van der Waals surface area contributed by atoms with Gasteiger partial charge in [-0.2, -0.15) is 0 Å². The number of aliphatic carboxylic acids is 1. The standard InChI is InChI=1S/C17H25N5O3/c18-17(19)20-7-3-6-14(16(24)25)22-15(23)10-21-13-8-11-4-1-2-5-12(11)9-13/h1-2,4-5,13-14,21H,3,6-10H2,(H,22,23)(H,24,25)(H4,18,19,20)/t14-/m0/s1. The van der Waals surface area contributed by atoms with Gasteiger partial charge in [-0.3, -0.25) is 9.79 Å². The van der Waals surface area contributed by atoms with Gasteiger partial charge >= 0.3 is 5.97 Å². The number of benzene rings is 1. The minimum Gasteiger partial charge on any atom is -0.480 e. The maximum absolute atomic E-state index is 12.0. The van der Waals surface area contributed by atoms with E-state index in [0.29, 0.717) is 13.0 Å². The third-order valence-electron chi connectivity index (χ3n) is 4.18. The van der Waals surface area contributed by atoms with Gasteiger partial charge in [0.05, 0.1) is 6.54 Å². The number of carbonyl (C=O) groups excluding carboxylic acids is 1. The lowest BCUT2D eigenvalue weighted by Crippen LogP contribution is -2.46. The number of nitrogens with zero attached hydrogens (tertiary/aromatic N) is 1. The molecule has 25 heavy (non-hydrogen) atoms. The summed E-state index contributed by atoms with van der Waals surface area (Å²) in [7, 11) is 0. The molecule has 0 spiro atoms. The van der Waals surface area contributed by atoms with Crippen LogP contribution in [0.4, 0.5) is 0 Å². The topological polar surface area (TPSA) is 143 Å². The SMILES string of the molecule is NC(N)=NCCC[C@H](NC(=O)CNC1Cc2ccccc2C1)C(=O)O. The summed E-state index contributed by atoms with van der Waals surface area (Å²) in [4.78, 5) is 27.1. The summed E-state index contributed by atoms with van der Waals surface area (Å²) in [5, 5.41) is 14.9. The molecule has 0 unspecified atom stereocenters. The second kappa shape index (κ2) is 9.03. The molecule has 1 amide bonds. The van der Waals surface area contributed by atoms with Crippen molar-refractivity contribution in [3.05, 3.63) is 35.4 Å². The van der Waals surface area contributed by atoms with Crippen LogP contribution in [0.25, 0.3) is 0 Å². The Balaban J connectivity index is 1.72. The normalized spacial score (nSPS) is 14.6. The highest BCUT2D eigenvalue weighted by atomic mass is 16.4. The molecule has 1 aromatic rings. The molecule has 0 aliphatic heterocycles. The Morgan fingerprint density at radius 3 is 2.44 bits per heavy atom. The number of fused-ring (bicyclic) bond motifs is 1. The van der Waals surface area contributed by atoms with E-state index < -0.39 is 12.0 Å². The van der Waals surface area contributed by atoms with Crippen LogP contribution in [0.1, 0.15) is 24.0 Å². The molecule has 7 N–H and O–H groups in total. The van der Waals surface area contributed by atoms with Crippen molar-refractivity contribution in [1.29, 1.82) is 0 Å². The van der Waals surface area contributed by atoms with Gasteiger partial charge < -0.3 is 27.2 Å². The number of carbonyl (C=O) groups is 2. The molecule has 136 valence electrons. The Bertz CT molecular complexity index is 618. The summed E-state index contributed by atoms with van der Waals surface area (Å²) in [6.45, 7) is 0.427. The number of nitrogens with one attached hydrogen (secondary N) is 2. The number of amides is 1. The monoisotopic (exact) mass is 347 g/mol. The van der Waals surface area contributed by atoms with Gasteiger partial charge in [-0.1, -0.05) is 24.3 Å². The maximum atomic E-state index is 12.0. The van der Waals surface area contributed by atoms with Gasteiger partial charge in [0.1, 0.15) is 6.04 Å². The van der Waals surface area contributed by atoms with Crippen LogP contribution in [0.2, 0.25) is 0 Å². The summed E-state index contributed by atoms with van der Waals surface area (Å²) in [5.74, 6) is -1.42. The van der Waals surface area contributed by atoms with Gasteiger partial charge in [-0.05, 0) is 36.8 Å². The number of guanidine groups is 1. The lowest BCUT2D eigenvalue weighted by Gasteiger charge is -2.16. The van der Waals surface area contributed by atoms with Crippen molar-refractivity contribution >= 4 is 17.8 Å². The third kappa shape index (κ3) is 6.07. The van der Waals surface area contributed by atoms with Crippen LogP contribution in [0, 0.1) is 0 Å². The highest BCUT2D eigenvalue weighted by Gasteiger charge is 2.23. The fourth-order valence-electron chi connectivity index (χ4n) is 2.95. The van der Waals surface area contributed by atoms with Gasteiger partial charge in [-0.25, -0.2) is 4.79 Å². The Morgan fingerprint density at radius 1 is 1.24 bits per heavy atom. The van der Waals surface area contributed by atoms with Crippen LogP contribution in [0.5, 0.6) is 0 Å². The van der Waals surface area contributed by atoms with Gasteiger partial charge in [0.2, 0.25) is 5.91 Å². The number of hydrogen-bond acceptors (Lipinski definition) is 4. The maximum Gasteiger partial charge on any atom is 0.326 e. The molecule has 8 nitrogen and oxygen atoms in total. The summed E-state index contributed by atoms with van der Waals surface area (Å²) < 4.78 is 0. The fraction of sp³-hybridized carbons (Fsp3) is 0.471. The smallest absolute Gasteiger partial charge is 0.326 e. The zero-order chi connectivity index (χ0) is 18.2. The molecule has 0 radical (unpaired) electrons. The van der Waals surface area contributed by atoms with Crippen molar-refractivity contribution < 1.29 is 14.7 Å². The molecule has 1 aliphatic rings. The molecule has 0 bridgehead atoms. The van der Waals surface area contributed by atoms with E-state index in [0.717, 1.165) is 12.8 Å². The number of nitrogens with two attached hydrogens (primary N) is 2. The zero-order valence-electron chi connectivity index (χ0n) is 14.1. The van der Waals surface area contributed by atoms with E-state index in [9.17, 15) is 14.7 Å². The van der Waals surface area contributed by atoms with Crippen molar-refractivity contribution in [3.63, 3.8) is 0 Å². The van der Waals surface area contributed by atoms with Crippen LogP contribution in [0.15, 0.2) is 29.3 Å². The minimum absolute atomic E-state index is 0.0299. The number of carboxylic acids is 1. The molecule has 0 saturated carbocycles. The Labute approximate surface area is 146 Å². The molecule has 1 aliphatic carbocycles. The molecule has 1 atom stereocenters. The van der Waals surface area contributed by atoms with Gasteiger partial charge in [0.15, 0.2) is 5.96 Å². The number of rotatable bonds is 9. The average Bonchev–Trinajstić information content (AvgIpc) is 2.98. The number of carboxylic acid groups (broad SMARTS) is 1. The molecule has 0 aromatic heterocycles. The minimum atomic E-state index is -1.06. The predicted molar refractivity (Wildman–Crippen MR) is 95.1 cm³/mol. The highest BCUT2D eigenvalue weighted by Crippen LogP contribution is 2.21. The molecule has 1 aromatic carbocycles. The zero-order valence-corrected chi connectivity index (χ0v) is 14.1. The Kier molecular flexibility index (Phi) is 6.76. The van der Waals surface area contributed by atoms with E-state index in [1.54, 1.807) is 0 Å². The predicted octanol–water partition coefficient (Wildman–Crippen LogP) is -0.634. The lowest BCUT2D eigenvalue weighted by molar-refractivity contribution is -0.141. The highest BCUT2D eigenvalue weighted by molar-refractivity contribution is 5.84. The van der Waals surface area contributed by atoms with Crippen molar-refractivity contribution in [2.75, 3.05) is 13.1 Å². The van der Waals surface area contributed by atoms with Crippen LogP contribution in [0.3, 0.4) is 0 Å². The molecule has 2 rings (SSSR count). The van der Waals surface area contributed by atoms with Gasteiger partial charge in [0.25, 0.3) is 0 Å². The van der Waals surface area contributed by atoms with E-state index >= 15 is 0 Å². The molecule has 0 saturated heterocycles. The van der Waals surface area contributed by atoms with Crippen molar-refractivity contribution in [1.82, 2.24) is 10.6 Å². The lowest BCUT2D eigenvalue weighted by atomic mass is 10.1. The first-order chi connectivity index (χ1) is 12.0. The molecule has 8 heteroatoms. The van der Waals surface area contributed by atoms with Gasteiger partial charge in [0, 0.05) is 12.6 Å². The van der Waals surface area contributed by atoms with Crippen LogP contribution >= 0.6 is 0 Å². The molecular weight excluding hydrogens is 322 g/mol. The Morgan fingerprint density at radius 2 is 1.88 bits per heavy atom. The van der Waals surface area contributed by atoms with E-state index in [4.69, 9.17) is 11.5 Å². The second-order valence-electron chi connectivity index (χ2n) is 6.16. The quantitative estimate of drug-likeness (QED) is 0.229. The van der Waals surface area contributed by atoms with E-state index in [1.165, 1.54) is 11.1 Å². The van der Waals surface area contributed by atoms with Gasteiger partial charge in [-0.15, -0.1) is 0 Å². The summed E-state index contributed by atoms with van der Waals surface area (Å²) in [5.41, 5.74) is 13.0. The Hall–Kier alpha value is -2.61. The summed E-state index contributed by atoms with van der Waals surface area (Å²) >= 11 is 0. The van der Waals surface area contributed by atoms with E-state index in [-0.39, 0.29) is 30.9 Å². The first-order valence-corrected chi connectivity index (χ1v) is 8.33. The van der Waals surface area contributed by atoms with Crippen LogP contribution < -0.4 is 22.1 Å². The molecule has 0 heterocycles. The van der Waals surface area contributed by atoms with Crippen LogP contribution in [-0.4, -0.2) is 48.1 Å². The molecular formula is C17H25N5O3.